The van der Waals surface area contributed by atoms with Gasteiger partial charge in [-0.3, -0.25) is 4.72 Å². The number of benzene rings is 1. The number of hydrogen-bond donors (Lipinski definition) is 2. The fourth-order valence-corrected chi connectivity index (χ4v) is 4.11. The van der Waals surface area contributed by atoms with Gasteiger partial charge in [-0.2, -0.15) is 0 Å². The van der Waals surface area contributed by atoms with E-state index in [0.717, 1.165) is 10.5 Å². The van der Waals surface area contributed by atoms with E-state index in [0.29, 0.717) is 17.3 Å². The van der Waals surface area contributed by atoms with Crippen LogP contribution in [-0.4, -0.2) is 24.9 Å². The van der Waals surface area contributed by atoms with Crippen molar-refractivity contribution in [1.29, 1.82) is 0 Å². The van der Waals surface area contributed by atoms with E-state index in [-0.39, 0.29) is 5.75 Å². The molecule has 2 aromatic rings. The number of pyridine rings is 1. The molecular weight excluding hydrogens is 306 g/mol. The maximum absolute atomic E-state index is 12.0. The fraction of sp³-hybridized carbons (Fsp3) is 0.214. The summed E-state index contributed by atoms with van der Waals surface area (Å²) >= 11 is 1.42. The molecule has 0 bridgehead atoms. The highest BCUT2D eigenvalue weighted by Crippen LogP contribution is 2.24. The van der Waals surface area contributed by atoms with Crippen molar-refractivity contribution >= 4 is 33.3 Å². The summed E-state index contributed by atoms with van der Waals surface area (Å²) in [6.07, 6.45) is 1.56. The third-order valence-electron chi connectivity index (χ3n) is 2.79. The summed E-state index contributed by atoms with van der Waals surface area (Å²) in [5, 5.41) is 0. The van der Waals surface area contributed by atoms with Crippen LogP contribution in [0.4, 0.5) is 11.5 Å². The van der Waals surface area contributed by atoms with Crippen LogP contribution in [-0.2, 0) is 10.0 Å². The third kappa shape index (κ3) is 4.64. The number of aryl methyl sites for hydroxylation is 1. The fourth-order valence-electron chi connectivity index (χ4n) is 1.66. The van der Waals surface area contributed by atoms with Crippen LogP contribution < -0.4 is 10.5 Å². The van der Waals surface area contributed by atoms with Gasteiger partial charge >= 0.3 is 0 Å². The Morgan fingerprint density at radius 3 is 2.71 bits per heavy atom. The number of thioether (sulfide) groups is 1. The predicted molar refractivity (Wildman–Crippen MR) is 88.0 cm³/mol. The largest absolute Gasteiger partial charge is 0.398 e. The normalized spacial score (nSPS) is 11.3. The molecule has 0 atom stereocenters. The van der Waals surface area contributed by atoms with Crippen LogP contribution in [0.25, 0.3) is 0 Å². The number of aromatic nitrogens is 1. The molecule has 1 aromatic carbocycles. The SMILES string of the molecule is Cc1cccnc1NS(=O)(=O)CCSc1ccccc1N. The first kappa shape index (κ1) is 15.7. The van der Waals surface area contributed by atoms with Crippen molar-refractivity contribution in [2.45, 2.75) is 11.8 Å². The van der Waals surface area contributed by atoms with E-state index in [2.05, 4.69) is 9.71 Å². The third-order valence-corrected chi connectivity index (χ3v) is 5.39. The zero-order chi connectivity index (χ0) is 15.3. The van der Waals surface area contributed by atoms with Crippen LogP contribution in [0.3, 0.4) is 0 Å². The molecule has 0 saturated heterocycles. The maximum atomic E-state index is 12.0. The van der Waals surface area contributed by atoms with Crippen molar-refractivity contribution in [3.63, 3.8) is 0 Å². The van der Waals surface area contributed by atoms with Crippen LogP contribution >= 0.6 is 11.8 Å². The van der Waals surface area contributed by atoms with Gasteiger partial charge in [-0.05, 0) is 30.7 Å². The zero-order valence-electron chi connectivity index (χ0n) is 11.6. The van der Waals surface area contributed by atoms with E-state index in [9.17, 15) is 8.42 Å². The lowest BCUT2D eigenvalue weighted by Crippen LogP contribution is -2.19. The second-order valence-corrected chi connectivity index (χ2v) is 7.45. The van der Waals surface area contributed by atoms with Crippen molar-refractivity contribution < 1.29 is 8.42 Å². The van der Waals surface area contributed by atoms with Gasteiger partial charge in [-0.1, -0.05) is 18.2 Å². The Morgan fingerprint density at radius 2 is 2.00 bits per heavy atom. The average molecular weight is 323 g/mol. The summed E-state index contributed by atoms with van der Waals surface area (Å²) in [7, 11) is -3.41. The lowest BCUT2D eigenvalue weighted by molar-refractivity contribution is 0.602. The average Bonchev–Trinajstić information content (AvgIpc) is 2.43. The van der Waals surface area contributed by atoms with Crippen LogP contribution in [0.15, 0.2) is 47.5 Å². The first-order valence-corrected chi connectivity index (χ1v) is 9.01. The Kier molecular flexibility index (Phi) is 5.08. The summed E-state index contributed by atoms with van der Waals surface area (Å²) in [4.78, 5) is 4.92. The van der Waals surface area contributed by atoms with Gasteiger partial charge in [-0.15, -0.1) is 11.8 Å². The molecule has 0 radical (unpaired) electrons. The second kappa shape index (κ2) is 6.82. The minimum Gasteiger partial charge on any atom is -0.398 e. The monoisotopic (exact) mass is 323 g/mol. The molecule has 0 aliphatic rings. The quantitative estimate of drug-likeness (QED) is 0.630. The van der Waals surface area contributed by atoms with E-state index in [1.165, 1.54) is 11.8 Å². The number of rotatable bonds is 6. The van der Waals surface area contributed by atoms with Crippen molar-refractivity contribution in [3.8, 4) is 0 Å². The molecule has 0 spiro atoms. The topological polar surface area (TPSA) is 85.1 Å². The van der Waals surface area contributed by atoms with Gasteiger partial charge < -0.3 is 5.73 Å². The lowest BCUT2D eigenvalue weighted by Gasteiger charge is -2.09. The minimum atomic E-state index is -3.41. The molecule has 0 saturated carbocycles. The van der Waals surface area contributed by atoms with Gasteiger partial charge in [0.05, 0.1) is 5.75 Å². The van der Waals surface area contributed by atoms with E-state index < -0.39 is 10.0 Å². The molecule has 1 aromatic heterocycles. The van der Waals surface area contributed by atoms with Crippen molar-refractivity contribution in [3.05, 3.63) is 48.2 Å². The first-order valence-electron chi connectivity index (χ1n) is 6.37. The maximum Gasteiger partial charge on any atom is 0.234 e. The van der Waals surface area contributed by atoms with Crippen LogP contribution in [0.5, 0.6) is 0 Å². The number of nitrogens with one attached hydrogen (secondary N) is 1. The highest BCUT2D eigenvalue weighted by Gasteiger charge is 2.13. The number of nitrogens with zero attached hydrogens (tertiary/aromatic N) is 1. The van der Waals surface area contributed by atoms with E-state index >= 15 is 0 Å². The predicted octanol–water partition coefficient (Wildman–Crippen LogP) is 2.51. The highest BCUT2D eigenvalue weighted by molar-refractivity contribution is 8.01. The Labute approximate surface area is 129 Å². The smallest absolute Gasteiger partial charge is 0.234 e. The van der Waals surface area contributed by atoms with Gasteiger partial charge in [0.2, 0.25) is 10.0 Å². The summed E-state index contributed by atoms with van der Waals surface area (Å²) in [6, 6.07) is 11.0. The molecule has 112 valence electrons. The molecule has 0 amide bonds. The number of sulfonamides is 1. The van der Waals surface area contributed by atoms with Gasteiger partial charge in [0, 0.05) is 22.5 Å². The van der Waals surface area contributed by atoms with Gasteiger partial charge in [-0.25, -0.2) is 13.4 Å². The number of nitrogen functional groups attached to an aromatic ring is 1. The molecule has 5 nitrogen and oxygen atoms in total. The molecule has 0 unspecified atom stereocenters. The molecule has 1 heterocycles. The van der Waals surface area contributed by atoms with Crippen molar-refractivity contribution in [1.82, 2.24) is 4.98 Å². The number of nitrogens with two attached hydrogens (primary N) is 1. The molecule has 21 heavy (non-hydrogen) atoms. The number of anilines is 2. The van der Waals surface area contributed by atoms with E-state index in [4.69, 9.17) is 5.73 Å². The number of para-hydroxylation sites is 1. The van der Waals surface area contributed by atoms with Crippen molar-refractivity contribution in [2.24, 2.45) is 0 Å². The molecule has 0 fully saturated rings. The zero-order valence-corrected chi connectivity index (χ0v) is 13.2. The summed E-state index contributed by atoms with van der Waals surface area (Å²) in [5.41, 5.74) is 7.27. The molecule has 7 heteroatoms. The summed E-state index contributed by atoms with van der Waals surface area (Å²) in [6.45, 7) is 1.81. The van der Waals surface area contributed by atoms with Crippen LogP contribution in [0.1, 0.15) is 5.56 Å². The molecule has 2 rings (SSSR count). The Morgan fingerprint density at radius 1 is 1.24 bits per heavy atom. The Hall–Kier alpha value is -1.73. The van der Waals surface area contributed by atoms with Gasteiger partial charge in [0.15, 0.2) is 0 Å². The standard InChI is InChI=1S/C14H17N3O2S2/c1-11-5-4-8-16-14(11)17-21(18,19)10-9-20-13-7-3-2-6-12(13)15/h2-8H,9-10,15H2,1H3,(H,16,17). The minimum absolute atomic E-state index is 0.00200. The van der Waals surface area contributed by atoms with Crippen LogP contribution in [0, 0.1) is 6.92 Å². The Balaban J connectivity index is 1.93. The van der Waals surface area contributed by atoms with Gasteiger partial charge in [0.25, 0.3) is 0 Å². The van der Waals surface area contributed by atoms with E-state index in [1.807, 2.05) is 31.2 Å². The van der Waals surface area contributed by atoms with Crippen molar-refractivity contribution in [2.75, 3.05) is 22.0 Å². The molecular formula is C14H17N3O2S2. The molecule has 0 aliphatic carbocycles. The van der Waals surface area contributed by atoms with Gasteiger partial charge in [0.1, 0.15) is 5.82 Å². The summed E-state index contributed by atoms with van der Waals surface area (Å²) in [5.74, 6) is 0.805. The summed E-state index contributed by atoms with van der Waals surface area (Å²) < 4.78 is 26.6. The lowest BCUT2D eigenvalue weighted by atomic mass is 10.3. The number of hydrogen-bond acceptors (Lipinski definition) is 5. The second-order valence-electron chi connectivity index (χ2n) is 4.48. The molecule has 3 N–H and O–H groups in total. The first-order chi connectivity index (χ1) is 9.98. The highest BCUT2D eigenvalue weighted by atomic mass is 32.2. The molecule has 0 aliphatic heterocycles. The van der Waals surface area contributed by atoms with Crippen LogP contribution in [0.2, 0.25) is 0 Å². The Bertz CT molecular complexity index is 718. The van der Waals surface area contributed by atoms with E-state index in [1.54, 1.807) is 18.3 Å².